The van der Waals surface area contributed by atoms with Crippen molar-refractivity contribution in [2.75, 3.05) is 6.54 Å². The van der Waals surface area contributed by atoms with Crippen LogP contribution < -0.4 is 5.32 Å². The fourth-order valence-electron chi connectivity index (χ4n) is 2.70. The first-order valence-corrected chi connectivity index (χ1v) is 8.24. The highest BCUT2D eigenvalue weighted by Crippen LogP contribution is 2.31. The van der Waals surface area contributed by atoms with Gasteiger partial charge >= 0.3 is 0 Å². The Hall–Kier alpha value is -0.870. The molecule has 1 atom stereocenters. The molecule has 0 saturated carbocycles. The molecular weight excluding hydrogens is 350 g/mol. The largest absolute Gasteiger partial charge is 0.372 e. The van der Waals surface area contributed by atoms with Gasteiger partial charge in [0.2, 0.25) is 0 Å². The quantitative estimate of drug-likeness (QED) is 0.836. The summed E-state index contributed by atoms with van der Waals surface area (Å²) in [6, 6.07) is 12.9. The van der Waals surface area contributed by atoms with Crippen molar-refractivity contribution in [3.8, 4) is 0 Å². The van der Waals surface area contributed by atoms with E-state index >= 15 is 0 Å². The van der Waals surface area contributed by atoms with Crippen LogP contribution in [0, 0.1) is 0 Å². The Kier molecular flexibility index (Phi) is 4.65. The van der Waals surface area contributed by atoms with Crippen molar-refractivity contribution >= 4 is 27.5 Å². The second-order valence-corrected chi connectivity index (χ2v) is 6.45. The van der Waals surface area contributed by atoms with E-state index in [1.165, 1.54) is 22.3 Å². The molecule has 1 aliphatic rings. The zero-order chi connectivity index (χ0) is 14.8. The van der Waals surface area contributed by atoms with Gasteiger partial charge in [-0.2, -0.15) is 0 Å². The Balaban J connectivity index is 1.99. The van der Waals surface area contributed by atoms with Crippen LogP contribution in [0.1, 0.15) is 35.2 Å². The fourth-order valence-corrected chi connectivity index (χ4v) is 3.21. The molecule has 1 aliphatic heterocycles. The topological polar surface area (TPSA) is 21.3 Å². The van der Waals surface area contributed by atoms with Crippen molar-refractivity contribution in [2.24, 2.45) is 0 Å². The Morgan fingerprint density at radius 2 is 1.86 bits per heavy atom. The summed E-state index contributed by atoms with van der Waals surface area (Å²) in [5.74, 6) is 0. The summed E-state index contributed by atoms with van der Waals surface area (Å²) in [7, 11) is 0. The first-order chi connectivity index (χ1) is 10.2. The van der Waals surface area contributed by atoms with Crippen LogP contribution >= 0.6 is 27.5 Å². The minimum Gasteiger partial charge on any atom is -0.372 e. The maximum atomic E-state index is 6.10. The predicted octanol–water partition coefficient (Wildman–Crippen LogP) is 4.83. The molecule has 1 heterocycles. The molecule has 0 spiro atoms. The van der Waals surface area contributed by atoms with Crippen LogP contribution in [-0.4, -0.2) is 6.54 Å². The van der Waals surface area contributed by atoms with E-state index in [0.29, 0.717) is 6.61 Å². The van der Waals surface area contributed by atoms with E-state index in [1.807, 2.05) is 6.07 Å². The zero-order valence-corrected chi connectivity index (χ0v) is 14.2. The van der Waals surface area contributed by atoms with E-state index < -0.39 is 0 Å². The lowest BCUT2D eigenvalue weighted by Crippen LogP contribution is -2.22. The van der Waals surface area contributed by atoms with Gasteiger partial charge in [0.25, 0.3) is 0 Å². The van der Waals surface area contributed by atoms with Crippen LogP contribution in [0.25, 0.3) is 0 Å². The lowest BCUT2D eigenvalue weighted by Gasteiger charge is -2.20. The van der Waals surface area contributed by atoms with Gasteiger partial charge in [-0.25, -0.2) is 0 Å². The van der Waals surface area contributed by atoms with Gasteiger partial charge in [-0.05, 0) is 56.9 Å². The van der Waals surface area contributed by atoms with Gasteiger partial charge < -0.3 is 10.1 Å². The average Bonchev–Trinajstić information content (AvgIpc) is 2.95. The Morgan fingerprint density at radius 3 is 2.62 bits per heavy atom. The van der Waals surface area contributed by atoms with Gasteiger partial charge in [-0.15, -0.1) is 0 Å². The molecule has 0 aliphatic carbocycles. The molecule has 0 bridgehead atoms. The summed E-state index contributed by atoms with van der Waals surface area (Å²) >= 11 is 9.61. The molecule has 0 aromatic heterocycles. The molecular formula is C17H17BrClNO. The van der Waals surface area contributed by atoms with E-state index in [9.17, 15) is 0 Å². The van der Waals surface area contributed by atoms with Crippen LogP contribution in [-0.2, 0) is 18.0 Å². The lowest BCUT2D eigenvalue weighted by atomic mass is 9.95. The summed E-state index contributed by atoms with van der Waals surface area (Å²) in [6.07, 6.45) is 0. The van der Waals surface area contributed by atoms with Gasteiger partial charge in [0.15, 0.2) is 0 Å². The van der Waals surface area contributed by atoms with E-state index in [2.05, 4.69) is 58.5 Å². The van der Waals surface area contributed by atoms with Crippen LogP contribution in [0.5, 0.6) is 0 Å². The van der Waals surface area contributed by atoms with Gasteiger partial charge in [0.1, 0.15) is 0 Å². The number of hydrogen-bond donors (Lipinski definition) is 1. The summed E-state index contributed by atoms with van der Waals surface area (Å²) in [5, 5.41) is 4.28. The van der Waals surface area contributed by atoms with Crippen LogP contribution in [0.15, 0.2) is 40.9 Å². The van der Waals surface area contributed by atoms with Gasteiger partial charge in [-0.1, -0.05) is 42.8 Å². The average molecular weight is 367 g/mol. The molecule has 110 valence electrons. The summed E-state index contributed by atoms with van der Waals surface area (Å²) < 4.78 is 6.43. The fraction of sp³-hybridized carbons (Fsp3) is 0.294. The van der Waals surface area contributed by atoms with Crippen molar-refractivity contribution < 1.29 is 4.74 Å². The lowest BCUT2D eigenvalue weighted by molar-refractivity contribution is 0.134. The third-order valence-corrected chi connectivity index (χ3v) is 4.98. The first-order valence-electron chi connectivity index (χ1n) is 7.07. The van der Waals surface area contributed by atoms with Crippen LogP contribution in [0.3, 0.4) is 0 Å². The van der Waals surface area contributed by atoms with Crippen molar-refractivity contribution in [1.29, 1.82) is 0 Å². The summed E-state index contributed by atoms with van der Waals surface area (Å²) in [4.78, 5) is 0. The molecule has 2 aromatic carbocycles. The molecule has 0 amide bonds. The highest BCUT2D eigenvalue weighted by molar-refractivity contribution is 9.10. The molecule has 0 fully saturated rings. The van der Waals surface area contributed by atoms with Crippen molar-refractivity contribution in [2.45, 2.75) is 26.2 Å². The molecule has 0 saturated heterocycles. The second kappa shape index (κ2) is 6.49. The van der Waals surface area contributed by atoms with Crippen molar-refractivity contribution in [3.05, 3.63) is 68.1 Å². The molecule has 2 aromatic rings. The minimum absolute atomic E-state index is 0.162. The molecule has 3 rings (SSSR count). The second-order valence-electron chi connectivity index (χ2n) is 5.19. The Morgan fingerprint density at radius 1 is 1.14 bits per heavy atom. The number of nitrogens with one attached hydrogen (secondary N) is 1. The normalized spacial score (nSPS) is 15.0. The SMILES string of the molecule is CCNC(c1ccc(Cl)c(Br)c1)c1ccc2c(c1)COC2. The van der Waals surface area contributed by atoms with E-state index in [1.54, 1.807) is 0 Å². The molecule has 0 radical (unpaired) electrons. The number of benzene rings is 2. The number of ether oxygens (including phenoxy) is 1. The number of hydrogen-bond acceptors (Lipinski definition) is 2. The number of rotatable bonds is 4. The van der Waals surface area contributed by atoms with Crippen molar-refractivity contribution in [1.82, 2.24) is 5.32 Å². The van der Waals surface area contributed by atoms with Gasteiger partial charge in [-0.3, -0.25) is 0 Å². The molecule has 1 unspecified atom stereocenters. The van der Waals surface area contributed by atoms with E-state index in [4.69, 9.17) is 16.3 Å². The highest BCUT2D eigenvalue weighted by atomic mass is 79.9. The summed E-state index contributed by atoms with van der Waals surface area (Å²) in [5.41, 5.74) is 5.05. The minimum atomic E-state index is 0.162. The monoisotopic (exact) mass is 365 g/mol. The molecule has 21 heavy (non-hydrogen) atoms. The smallest absolute Gasteiger partial charge is 0.0725 e. The third-order valence-electron chi connectivity index (χ3n) is 3.76. The van der Waals surface area contributed by atoms with Crippen molar-refractivity contribution in [3.63, 3.8) is 0 Å². The standard InChI is InChI=1S/C17H17BrClNO/c1-2-20-17(12-5-6-16(19)15(18)8-12)11-3-4-13-9-21-10-14(13)7-11/h3-8,17,20H,2,9-10H2,1H3. The van der Waals surface area contributed by atoms with Gasteiger partial charge in [0, 0.05) is 4.47 Å². The number of fused-ring (bicyclic) bond motifs is 1. The maximum Gasteiger partial charge on any atom is 0.0725 e. The Bertz CT molecular complexity index is 659. The summed E-state index contributed by atoms with van der Waals surface area (Å²) in [6.45, 7) is 4.47. The van der Waals surface area contributed by atoms with Crippen LogP contribution in [0.4, 0.5) is 0 Å². The molecule has 2 nitrogen and oxygen atoms in total. The van der Waals surface area contributed by atoms with Gasteiger partial charge in [0.05, 0.1) is 24.3 Å². The Labute approximate surface area is 138 Å². The van der Waals surface area contributed by atoms with E-state index in [0.717, 1.165) is 22.6 Å². The molecule has 4 heteroatoms. The van der Waals surface area contributed by atoms with E-state index in [-0.39, 0.29) is 6.04 Å². The first kappa shape index (κ1) is 15.0. The predicted molar refractivity (Wildman–Crippen MR) is 89.6 cm³/mol. The van der Waals surface area contributed by atoms with Crippen LogP contribution in [0.2, 0.25) is 5.02 Å². The third kappa shape index (κ3) is 3.16. The maximum absolute atomic E-state index is 6.10. The number of halogens is 2. The zero-order valence-electron chi connectivity index (χ0n) is 11.8. The highest BCUT2D eigenvalue weighted by Gasteiger charge is 2.18. The molecule has 1 N–H and O–H groups in total.